The Morgan fingerprint density at radius 1 is 1.38 bits per heavy atom. The van der Waals surface area contributed by atoms with Gasteiger partial charge in [-0.2, -0.15) is 0 Å². The largest absolute Gasteiger partial charge is 0.341 e. The molecule has 0 saturated carbocycles. The molecule has 0 atom stereocenters. The Kier molecular flexibility index (Phi) is 4.93. The van der Waals surface area contributed by atoms with Crippen molar-refractivity contribution in [3.8, 4) is 0 Å². The number of amides is 1. The average molecular weight is 226 g/mol. The van der Waals surface area contributed by atoms with Crippen LogP contribution in [0.5, 0.6) is 0 Å². The van der Waals surface area contributed by atoms with E-state index in [-0.39, 0.29) is 11.7 Å². The van der Waals surface area contributed by atoms with Crippen LogP contribution in [0.4, 0.5) is 0 Å². The molecule has 4 heteroatoms. The fraction of sp³-hybridized carbons (Fsp3) is 0.833. The normalized spacial score (nSPS) is 17.3. The Bertz CT molecular complexity index is 254. The summed E-state index contributed by atoms with van der Waals surface area (Å²) in [5, 5.41) is 0. The lowest BCUT2D eigenvalue weighted by molar-refractivity contribution is -0.135. The highest BCUT2D eigenvalue weighted by Crippen LogP contribution is 2.07. The highest BCUT2D eigenvalue weighted by atomic mass is 16.2. The molecule has 1 aliphatic rings. The van der Waals surface area contributed by atoms with E-state index in [1.165, 1.54) is 0 Å². The van der Waals surface area contributed by atoms with E-state index in [1.807, 2.05) is 4.90 Å². The van der Waals surface area contributed by atoms with Gasteiger partial charge in [0.15, 0.2) is 0 Å². The summed E-state index contributed by atoms with van der Waals surface area (Å²) in [7, 11) is 0. The summed E-state index contributed by atoms with van der Waals surface area (Å²) in [5.41, 5.74) is 0. The summed E-state index contributed by atoms with van der Waals surface area (Å²) in [6, 6.07) is 0.389. The van der Waals surface area contributed by atoms with Crippen LogP contribution in [0.25, 0.3) is 0 Å². The van der Waals surface area contributed by atoms with Gasteiger partial charge in [0, 0.05) is 32.0 Å². The summed E-state index contributed by atoms with van der Waals surface area (Å²) in [4.78, 5) is 27.0. The average Bonchev–Trinajstić information content (AvgIpc) is 2.26. The number of likely N-dealkylation sites (tertiary alicyclic amines) is 1. The second kappa shape index (κ2) is 5.99. The van der Waals surface area contributed by atoms with E-state index in [0.29, 0.717) is 38.5 Å². The van der Waals surface area contributed by atoms with E-state index < -0.39 is 0 Å². The zero-order valence-corrected chi connectivity index (χ0v) is 10.5. The molecule has 0 radical (unpaired) electrons. The number of Topliss-reactive ketones (excluding diaryl/α,β-unsaturated/α-hetero) is 1. The van der Waals surface area contributed by atoms with E-state index in [4.69, 9.17) is 0 Å². The minimum atomic E-state index is 0.156. The molecule has 1 heterocycles. The van der Waals surface area contributed by atoms with Gasteiger partial charge in [0.05, 0.1) is 6.54 Å². The van der Waals surface area contributed by atoms with Gasteiger partial charge in [0.2, 0.25) is 5.91 Å². The molecule has 1 saturated heterocycles. The molecule has 0 aromatic carbocycles. The van der Waals surface area contributed by atoms with Crippen LogP contribution in [0.3, 0.4) is 0 Å². The number of ketones is 1. The van der Waals surface area contributed by atoms with Gasteiger partial charge in [-0.1, -0.05) is 6.92 Å². The SMILES string of the molecule is CCN(CC(=O)N1CCC(=O)CC1)C(C)C. The zero-order chi connectivity index (χ0) is 12.1. The van der Waals surface area contributed by atoms with Crippen LogP contribution < -0.4 is 0 Å². The zero-order valence-electron chi connectivity index (χ0n) is 10.5. The minimum Gasteiger partial charge on any atom is -0.341 e. The fourth-order valence-corrected chi connectivity index (χ4v) is 1.94. The van der Waals surface area contributed by atoms with Crippen molar-refractivity contribution in [1.82, 2.24) is 9.80 Å². The molecular formula is C12H22N2O2. The molecule has 4 nitrogen and oxygen atoms in total. The molecule has 0 spiro atoms. The number of nitrogens with zero attached hydrogens (tertiary/aromatic N) is 2. The Balaban J connectivity index is 2.42. The van der Waals surface area contributed by atoms with Crippen molar-refractivity contribution in [1.29, 1.82) is 0 Å². The Hall–Kier alpha value is -0.900. The maximum Gasteiger partial charge on any atom is 0.236 e. The van der Waals surface area contributed by atoms with Gasteiger partial charge >= 0.3 is 0 Å². The van der Waals surface area contributed by atoms with Crippen LogP contribution >= 0.6 is 0 Å². The quantitative estimate of drug-likeness (QED) is 0.715. The van der Waals surface area contributed by atoms with Crippen molar-refractivity contribution in [2.45, 2.75) is 39.7 Å². The van der Waals surface area contributed by atoms with E-state index in [0.717, 1.165) is 6.54 Å². The van der Waals surface area contributed by atoms with Gasteiger partial charge in [-0.25, -0.2) is 0 Å². The topological polar surface area (TPSA) is 40.6 Å². The van der Waals surface area contributed by atoms with Crippen LogP contribution in [-0.2, 0) is 9.59 Å². The molecule has 1 amide bonds. The molecule has 1 rings (SSSR count). The van der Waals surface area contributed by atoms with Gasteiger partial charge in [-0.15, -0.1) is 0 Å². The van der Waals surface area contributed by atoms with Crippen molar-refractivity contribution in [3.63, 3.8) is 0 Å². The van der Waals surface area contributed by atoms with Gasteiger partial charge < -0.3 is 4.90 Å². The number of hydrogen-bond acceptors (Lipinski definition) is 3. The Labute approximate surface area is 97.6 Å². The summed E-state index contributed by atoms with van der Waals surface area (Å²) in [6.07, 6.45) is 1.05. The predicted molar refractivity (Wildman–Crippen MR) is 63.2 cm³/mol. The van der Waals surface area contributed by atoms with Gasteiger partial charge in [-0.3, -0.25) is 14.5 Å². The summed E-state index contributed by atoms with van der Waals surface area (Å²) < 4.78 is 0. The first kappa shape index (κ1) is 13.2. The first-order chi connectivity index (χ1) is 7.54. The van der Waals surface area contributed by atoms with E-state index in [9.17, 15) is 9.59 Å². The van der Waals surface area contributed by atoms with Crippen molar-refractivity contribution in [2.24, 2.45) is 0 Å². The molecule has 1 fully saturated rings. The summed E-state index contributed by atoms with van der Waals surface area (Å²) >= 11 is 0. The summed E-state index contributed by atoms with van der Waals surface area (Å²) in [5.74, 6) is 0.434. The standard InChI is InChI=1S/C12H22N2O2/c1-4-13(10(2)3)9-12(16)14-7-5-11(15)6-8-14/h10H,4-9H2,1-3H3. The smallest absolute Gasteiger partial charge is 0.236 e. The van der Waals surface area contributed by atoms with Crippen molar-refractivity contribution in [3.05, 3.63) is 0 Å². The third kappa shape index (κ3) is 3.59. The number of hydrogen-bond donors (Lipinski definition) is 0. The highest BCUT2D eigenvalue weighted by Gasteiger charge is 2.22. The van der Waals surface area contributed by atoms with Gasteiger partial charge in [0.25, 0.3) is 0 Å². The van der Waals surface area contributed by atoms with Crippen LogP contribution in [-0.4, -0.2) is 53.7 Å². The lowest BCUT2D eigenvalue weighted by Crippen LogP contribution is -2.45. The molecule has 0 bridgehead atoms. The first-order valence-electron chi connectivity index (χ1n) is 6.08. The predicted octanol–water partition coefficient (Wildman–Crippen LogP) is 0.908. The molecule has 0 aliphatic carbocycles. The van der Waals surface area contributed by atoms with Gasteiger partial charge in [-0.05, 0) is 20.4 Å². The molecule has 0 unspecified atom stereocenters. The number of likely N-dealkylation sites (N-methyl/N-ethyl adjacent to an activating group) is 1. The maximum atomic E-state index is 12.0. The van der Waals surface area contributed by atoms with Crippen LogP contribution in [0, 0.1) is 0 Å². The molecule has 0 N–H and O–H groups in total. The van der Waals surface area contributed by atoms with Crippen LogP contribution in [0.1, 0.15) is 33.6 Å². The highest BCUT2D eigenvalue weighted by molar-refractivity contribution is 5.84. The lowest BCUT2D eigenvalue weighted by atomic mass is 10.1. The molecule has 1 aliphatic heterocycles. The Morgan fingerprint density at radius 2 is 1.94 bits per heavy atom. The van der Waals surface area contributed by atoms with Crippen LogP contribution in [0.2, 0.25) is 0 Å². The third-order valence-corrected chi connectivity index (χ3v) is 3.15. The lowest BCUT2D eigenvalue weighted by Gasteiger charge is -2.30. The molecule has 92 valence electrons. The fourth-order valence-electron chi connectivity index (χ4n) is 1.94. The molecule has 16 heavy (non-hydrogen) atoms. The van der Waals surface area contributed by atoms with Crippen molar-refractivity contribution >= 4 is 11.7 Å². The third-order valence-electron chi connectivity index (χ3n) is 3.15. The minimum absolute atomic E-state index is 0.156. The van der Waals surface area contributed by atoms with Gasteiger partial charge in [0.1, 0.15) is 5.78 Å². The number of piperidine rings is 1. The Morgan fingerprint density at radius 3 is 2.38 bits per heavy atom. The monoisotopic (exact) mass is 226 g/mol. The molecule has 0 aromatic rings. The number of carbonyl (C=O) groups excluding carboxylic acids is 2. The van der Waals surface area contributed by atoms with E-state index in [2.05, 4.69) is 25.7 Å². The number of carbonyl (C=O) groups is 2. The molecular weight excluding hydrogens is 204 g/mol. The molecule has 0 aromatic heterocycles. The maximum absolute atomic E-state index is 12.0. The van der Waals surface area contributed by atoms with E-state index in [1.54, 1.807) is 0 Å². The number of rotatable bonds is 4. The summed E-state index contributed by atoms with van der Waals surface area (Å²) in [6.45, 7) is 8.82. The van der Waals surface area contributed by atoms with Crippen molar-refractivity contribution in [2.75, 3.05) is 26.2 Å². The van der Waals surface area contributed by atoms with Crippen LogP contribution in [0.15, 0.2) is 0 Å². The second-order valence-electron chi connectivity index (χ2n) is 4.58. The first-order valence-corrected chi connectivity index (χ1v) is 6.08. The van der Waals surface area contributed by atoms with Crippen molar-refractivity contribution < 1.29 is 9.59 Å². The van der Waals surface area contributed by atoms with E-state index >= 15 is 0 Å². The second-order valence-corrected chi connectivity index (χ2v) is 4.58.